The first-order chi connectivity index (χ1) is 11.7. The number of aliphatic hydroxyl groups is 1. The number of aliphatic hydroxyl groups excluding tert-OH is 1. The summed E-state index contributed by atoms with van der Waals surface area (Å²) in [6, 6.07) is 14.1. The SMILES string of the molecule is COc1cccc(C(O)CNC2CCCc3cc(OC)ccc32)c1. The van der Waals surface area contributed by atoms with Crippen molar-refractivity contribution in [3.63, 3.8) is 0 Å². The lowest BCUT2D eigenvalue weighted by Crippen LogP contribution is -2.29. The van der Waals surface area contributed by atoms with Gasteiger partial charge in [0.25, 0.3) is 0 Å². The fourth-order valence-electron chi connectivity index (χ4n) is 3.35. The highest BCUT2D eigenvalue weighted by atomic mass is 16.5. The minimum Gasteiger partial charge on any atom is -0.497 e. The minimum absolute atomic E-state index is 0.278. The average Bonchev–Trinajstić information content (AvgIpc) is 2.65. The number of fused-ring (bicyclic) bond motifs is 1. The first kappa shape index (κ1) is 16.8. The van der Waals surface area contributed by atoms with E-state index in [9.17, 15) is 5.11 Å². The molecular weight excluding hydrogens is 302 g/mol. The maximum atomic E-state index is 10.5. The van der Waals surface area contributed by atoms with E-state index in [1.165, 1.54) is 11.1 Å². The van der Waals surface area contributed by atoms with Gasteiger partial charge in [-0.3, -0.25) is 0 Å². The van der Waals surface area contributed by atoms with Gasteiger partial charge in [-0.05, 0) is 60.2 Å². The van der Waals surface area contributed by atoms with Crippen molar-refractivity contribution in [2.24, 2.45) is 0 Å². The van der Waals surface area contributed by atoms with Crippen LogP contribution < -0.4 is 14.8 Å². The van der Waals surface area contributed by atoms with Gasteiger partial charge in [0.2, 0.25) is 0 Å². The molecule has 0 aliphatic heterocycles. The second kappa shape index (κ2) is 7.69. The zero-order chi connectivity index (χ0) is 16.9. The van der Waals surface area contributed by atoms with Crippen LogP contribution in [-0.4, -0.2) is 25.9 Å². The molecule has 0 radical (unpaired) electrons. The van der Waals surface area contributed by atoms with Crippen molar-refractivity contribution >= 4 is 0 Å². The molecule has 2 aromatic rings. The molecule has 2 unspecified atom stereocenters. The molecule has 2 aromatic carbocycles. The molecule has 2 N–H and O–H groups in total. The van der Waals surface area contributed by atoms with Gasteiger partial charge in [-0.25, -0.2) is 0 Å². The molecule has 1 aliphatic carbocycles. The zero-order valence-electron chi connectivity index (χ0n) is 14.3. The lowest BCUT2D eigenvalue weighted by atomic mass is 9.87. The predicted octanol–water partition coefficient (Wildman–Crippen LogP) is 3.40. The van der Waals surface area contributed by atoms with Crippen LogP contribution in [0.1, 0.15) is 41.7 Å². The van der Waals surface area contributed by atoms with E-state index in [4.69, 9.17) is 9.47 Å². The Balaban J connectivity index is 1.67. The molecule has 4 nitrogen and oxygen atoms in total. The Bertz CT molecular complexity index is 686. The van der Waals surface area contributed by atoms with Gasteiger partial charge in [0.05, 0.1) is 20.3 Å². The molecule has 0 saturated heterocycles. The molecule has 128 valence electrons. The molecule has 0 saturated carbocycles. The summed E-state index contributed by atoms with van der Waals surface area (Å²) in [6.45, 7) is 0.517. The van der Waals surface area contributed by atoms with Gasteiger partial charge in [0, 0.05) is 12.6 Å². The smallest absolute Gasteiger partial charge is 0.119 e. The summed E-state index contributed by atoms with van der Waals surface area (Å²) in [6.07, 6.45) is 2.77. The van der Waals surface area contributed by atoms with E-state index in [2.05, 4.69) is 17.4 Å². The van der Waals surface area contributed by atoms with Crippen LogP contribution in [0.25, 0.3) is 0 Å². The molecular formula is C20H25NO3. The van der Waals surface area contributed by atoms with E-state index in [0.717, 1.165) is 36.3 Å². The number of aryl methyl sites for hydroxylation is 1. The number of benzene rings is 2. The largest absolute Gasteiger partial charge is 0.497 e. The third-order valence-corrected chi connectivity index (χ3v) is 4.70. The Morgan fingerprint density at radius 1 is 1.12 bits per heavy atom. The van der Waals surface area contributed by atoms with Crippen molar-refractivity contribution < 1.29 is 14.6 Å². The van der Waals surface area contributed by atoms with Crippen LogP contribution in [0.15, 0.2) is 42.5 Å². The van der Waals surface area contributed by atoms with E-state index >= 15 is 0 Å². The molecule has 0 spiro atoms. The third kappa shape index (κ3) is 3.71. The van der Waals surface area contributed by atoms with Crippen molar-refractivity contribution in [3.8, 4) is 11.5 Å². The maximum Gasteiger partial charge on any atom is 0.119 e. The number of rotatable bonds is 6. The first-order valence-corrected chi connectivity index (χ1v) is 8.43. The van der Waals surface area contributed by atoms with Crippen molar-refractivity contribution in [1.29, 1.82) is 0 Å². The van der Waals surface area contributed by atoms with Gasteiger partial charge in [0.1, 0.15) is 11.5 Å². The van der Waals surface area contributed by atoms with Crippen molar-refractivity contribution in [2.45, 2.75) is 31.4 Å². The van der Waals surface area contributed by atoms with Crippen LogP contribution >= 0.6 is 0 Å². The van der Waals surface area contributed by atoms with Crippen molar-refractivity contribution in [2.75, 3.05) is 20.8 Å². The molecule has 24 heavy (non-hydrogen) atoms. The minimum atomic E-state index is -0.552. The fourth-order valence-corrected chi connectivity index (χ4v) is 3.35. The van der Waals surface area contributed by atoms with Crippen LogP contribution in [0.5, 0.6) is 11.5 Å². The zero-order valence-corrected chi connectivity index (χ0v) is 14.3. The summed E-state index contributed by atoms with van der Waals surface area (Å²) in [7, 11) is 3.34. The Kier molecular flexibility index (Phi) is 5.38. The molecule has 3 rings (SSSR count). The normalized spacial score (nSPS) is 17.9. The quantitative estimate of drug-likeness (QED) is 0.854. The number of hydrogen-bond acceptors (Lipinski definition) is 4. The molecule has 0 amide bonds. The summed E-state index contributed by atoms with van der Waals surface area (Å²) in [5, 5.41) is 14.0. The molecule has 2 atom stereocenters. The second-order valence-electron chi connectivity index (χ2n) is 6.21. The van der Waals surface area contributed by atoms with Gasteiger partial charge in [0.15, 0.2) is 0 Å². The van der Waals surface area contributed by atoms with Crippen LogP contribution in [0.4, 0.5) is 0 Å². The Labute approximate surface area is 143 Å². The third-order valence-electron chi connectivity index (χ3n) is 4.70. The van der Waals surface area contributed by atoms with Gasteiger partial charge < -0.3 is 19.9 Å². The van der Waals surface area contributed by atoms with Gasteiger partial charge >= 0.3 is 0 Å². The Hall–Kier alpha value is -2.04. The molecule has 0 fully saturated rings. The number of methoxy groups -OCH3 is 2. The lowest BCUT2D eigenvalue weighted by Gasteiger charge is -2.28. The number of ether oxygens (including phenoxy) is 2. The molecule has 1 aliphatic rings. The molecule has 4 heteroatoms. The van der Waals surface area contributed by atoms with Crippen molar-refractivity contribution in [1.82, 2.24) is 5.32 Å². The summed E-state index contributed by atoms with van der Waals surface area (Å²) >= 11 is 0. The highest BCUT2D eigenvalue weighted by Crippen LogP contribution is 2.32. The highest BCUT2D eigenvalue weighted by Gasteiger charge is 2.21. The second-order valence-corrected chi connectivity index (χ2v) is 6.21. The lowest BCUT2D eigenvalue weighted by molar-refractivity contribution is 0.168. The summed E-state index contributed by atoms with van der Waals surface area (Å²) in [5.74, 6) is 1.67. The van der Waals surface area contributed by atoms with Crippen LogP contribution in [0.2, 0.25) is 0 Å². The number of nitrogens with one attached hydrogen (secondary N) is 1. The monoisotopic (exact) mass is 327 g/mol. The average molecular weight is 327 g/mol. The van der Waals surface area contributed by atoms with Crippen LogP contribution in [-0.2, 0) is 6.42 Å². The Morgan fingerprint density at radius 2 is 1.92 bits per heavy atom. The van der Waals surface area contributed by atoms with Gasteiger partial charge in [-0.2, -0.15) is 0 Å². The molecule has 0 aromatic heterocycles. The standard InChI is InChI=1S/C20H25NO3/c1-23-16-7-3-6-15(12-16)20(22)13-21-19-8-4-5-14-11-17(24-2)9-10-18(14)19/h3,6-7,9-12,19-22H,4-5,8,13H2,1-2H3. The summed E-state index contributed by atoms with van der Waals surface area (Å²) in [5.41, 5.74) is 3.53. The predicted molar refractivity (Wildman–Crippen MR) is 94.6 cm³/mol. The Morgan fingerprint density at radius 3 is 2.71 bits per heavy atom. The first-order valence-electron chi connectivity index (χ1n) is 8.43. The summed E-state index contributed by atoms with van der Waals surface area (Å²) in [4.78, 5) is 0. The van der Waals surface area contributed by atoms with E-state index < -0.39 is 6.10 Å². The van der Waals surface area contributed by atoms with E-state index in [-0.39, 0.29) is 6.04 Å². The highest BCUT2D eigenvalue weighted by molar-refractivity contribution is 5.39. The van der Waals surface area contributed by atoms with E-state index in [0.29, 0.717) is 6.54 Å². The summed E-state index contributed by atoms with van der Waals surface area (Å²) < 4.78 is 10.5. The van der Waals surface area contributed by atoms with E-state index in [1.807, 2.05) is 30.3 Å². The van der Waals surface area contributed by atoms with Crippen LogP contribution in [0, 0.1) is 0 Å². The molecule has 0 heterocycles. The van der Waals surface area contributed by atoms with Gasteiger partial charge in [-0.15, -0.1) is 0 Å². The van der Waals surface area contributed by atoms with Crippen molar-refractivity contribution in [3.05, 3.63) is 59.2 Å². The van der Waals surface area contributed by atoms with E-state index in [1.54, 1.807) is 14.2 Å². The maximum absolute atomic E-state index is 10.5. The number of hydrogen-bond donors (Lipinski definition) is 2. The molecule has 0 bridgehead atoms. The fraction of sp³-hybridized carbons (Fsp3) is 0.400. The van der Waals surface area contributed by atoms with Crippen LogP contribution in [0.3, 0.4) is 0 Å². The van der Waals surface area contributed by atoms with Gasteiger partial charge in [-0.1, -0.05) is 18.2 Å². The topological polar surface area (TPSA) is 50.7 Å².